The lowest BCUT2D eigenvalue weighted by atomic mass is 10.1. The van der Waals surface area contributed by atoms with Crippen LogP contribution < -0.4 is 5.32 Å². The van der Waals surface area contributed by atoms with E-state index in [9.17, 15) is 22.8 Å². The number of ether oxygens (including phenoxy) is 1. The number of methoxy groups -OCH3 is 1. The van der Waals surface area contributed by atoms with Crippen LogP contribution >= 0.6 is 11.6 Å². The summed E-state index contributed by atoms with van der Waals surface area (Å²) in [5.41, 5.74) is -0.478. The summed E-state index contributed by atoms with van der Waals surface area (Å²) in [5, 5.41) is 2.54. The van der Waals surface area contributed by atoms with E-state index in [1.165, 1.54) is 19.2 Å². The van der Waals surface area contributed by atoms with Crippen molar-refractivity contribution in [1.29, 1.82) is 0 Å². The highest BCUT2D eigenvalue weighted by atomic mass is 35.5. The second-order valence-electron chi connectivity index (χ2n) is 5.09. The number of carbonyl (C=O) groups is 2. The summed E-state index contributed by atoms with van der Waals surface area (Å²) in [5.74, 6) is -1.28. The van der Waals surface area contributed by atoms with Crippen LogP contribution in [0.2, 0.25) is 5.02 Å². The summed E-state index contributed by atoms with van der Waals surface area (Å²) in [4.78, 5) is 23.7. The van der Waals surface area contributed by atoms with Gasteiger partial charge in [0, 0.05) is 11.1 Å². The maximum absolute atomic E-state index is 12.7. The van der Waals surface area contributed by atoms with Crippen molar-refractivity contribution < 1.29 is 27.5 Å². The molecule has 0 unspecified atom stereocenters. The molecule has 0 aliphatic heterocycles. The molecule has 0 aromatic heterocycles. The zero-order valence-corrected chi connectivity index (χ0v) is 14.2. The van der Waals surface area contributed by atoms with E-state index in [0.717, 1.165) is 30.4 Å². The summed E-state index contributed by atoms with van der Waals surface area (Å²) in [6.07, 6.45) is -2.34. The Morgan fingerprint density at radius 2 is 1.85 bits per heavy atom. The smallest absolute Gasteiger partial charge is 0.416 e. The quantitative estimate of drug-likeness (QED) is 0.609. The minimum Gasteiger partial charge on any atom is -0.465 e. The molecule has 136 valence electrons. The van der Waals surface area contributed by atoms with Gasteiger partial charge in [-0.3, -0.25) is 4.79 Å². The van der Waals surface area contributed by atoms with Gasteiger partial charge in [-0.25, -0.2) is 4.79 Å². The molecule has 0 heterocycles. The van der Waals surface area contributed by atoms with Crippen molar-refractivity contribution in [3.05, 3.63) is 70.3 Å². The summed E-state index contributed by atoms with van der Waals surface area (Å²) in [6, 6.07) is 8.97. The fourth-order valence-electron chi connectivity index (χ4n) is 2.07. The molecule has 2 rings (SSSR count). The predicted octanol–water partition coefficient (Wildman–Crippen LogP) is 4.80. The van der Waals surface area contributed by atoms with E-state index in [4.69, 9.17) is 11.6 Å². The van der Waals surface area contributed by atoms with Gasteiger partial charge < -0.3 is 10.1 Å². The Balaban J connectivity index is 2.20. The number of benzene rings is 2. The molecule has 0 spiro atoms. The highest BCUT2D eigenvalue weighted by Gasteiger charge is 2.30. The number of hydrogen-bond acceptors (Lipinski definition) is 3. The first kappa shape index (κ1) is 19.5. The van der Waals surface area contributed by atoms with E-state index in [0.29, 0.717) is 0 Å². The van der Waals surface area contributed by atoms with E-state index in [-0.39, 0.29) is 21.8 Å². The van der Waals surface area contributed by atoms with Crippen LogP contribution in [0.4, 0.5) is 18.9 Å². The molecule has 1 amide bonds. The number of amides is 1. The molecule has 0 atom stereocenters. The van der Waals surface area contributed by atoms with Gasteiger partial charge in [0.1, 0.15) is 0 Å². The molecule has 8 heteroatoms. The highest BCUT2D eigenvalue weighted by Crippen LogP contribution is 2.32. The molecule has 0 bridgehead atoms. The minimum absolute atomic E-state index is 0.0397. The summed E-state index contributed by atoms with van der Waals surface area (Å²) in [6.45, 7) is 0. The standard InChI is InChI=1S/C18H13ClF3NO3/c1-26-17(25)13-4-2-3-5-15(13)23-16(24)9-6-11-10-12(18(20,21)22)7-8-14(11)19/h2-10H,1H3,(H,23,24)/b9-6+. The second-order valence-corrected chi connectivity index (χ2v) is 5.50. The Morgan fingerprint density at radius 1 is 1.15 bits per heavy atom. The van der Waals surface area contributed by atoms with Crippen LogP contribution in [0.3, 0.4) is 0 Å². The molecule has 0 saturated heterocycles. The zero-order chi connectivity index (χ0) is 19.3. The monoisotopic (exact) mass is 383 g/mol. The number of nitrogens with one attached hydrogen (secondary N) is 1. The molecule has 2 aromatic carbocycles. The molecule has 0 saturated carbocycles. The molecular formula is C18H13ClF3NO3. The van der Waals surface area contributed by atoms with Crippen molar-refractivity contribution in [2.24, 2.45) is 0 Å². The van der Waals surface area contributed by atoms with Gasteiger partial charge in [0.15, 0.2) is 0 Å². The first-order chi connectivity index (χ1) is 12.2. The summed E-state index contributed by atoms with van der Waals surface area (Å²) in [7, 11) is 1.20. The van der Waals surface area contributed by atoms with Crippen LogP contribution in [0, 0.1) is 0 Å². The third kappa shape index (κ3) is 4.86. The SMILES string of the molecule is COC(=O)c1ccccc1NC(=O)/C=C/c1cc(C(F)(F)F)ccc1Cl. The normalized spacial score (nSPS) is 11.4. The van der Waals surface area contributed by atoms with E-state index >= 15 is 0 Å². The van der Waals surface area contributed by atoms with E-state index < -0.39 is 23.6 Å². The molecule has 0 radical (unpaired) electrons. The Labute approximate surface area is 152 Å². The number of anilines is 1. The van der Waals surface area contributed by atoms with Crippen molar-refractivity contribution in [1.82, 2.24) is 0 Å². The first-order valence-electron chi connectivity index (χ1n) is 7.25. The van der Waals surface area contributed by atoms with Crippen LogP contribution in [-0.2, 0) is 15.7 Å². The van der Waals surface area contributed by atoms with Gasteiger partial charge in [-0.1, -0.05) is 23.7 Å². The molecule has 0 aliphatic carbocycles. The number of alkyl halides is 3. The van der Waals surface area contributed by atoms with Gasteiger partial charge in [0.2, 0.25) is 5.91 Å². The van der Waals surface area contributed by atoms with Crippen LogP contribution in [0.5, 0.6) is 0 Å². The zero-order valence-electron chi connectivity index (χ0n) is 13.4. The highest BCUT2D eigenvalue weighted by molar-refractivity contribution is 6.32. The third-order valence-corrected chi connectivity index (χ3v) is 3.67. The van der Waals surface area contributed by atoms with Crippen molar-refractivity contribution in [3.63, 3.8) is 0 Å². The molecular weight excluding hydrogens is 371 g/mol. The second kappa shape index (κ2) is 8.05. The molecule has 26 heavy (non-hydrogen) atoms. The predicted molar refractivity (Wildman–Crippen MR) is 91.9 cm³/mol. The molecule has 1 N–H and O–H groups in total. The molecule has 4 nitrogen and oxygen atoms in total. The van der Waals surface area contributed by atoms with E-state index in [1.807, 2.05) is 0 Å². The van der Waals surface area contributed by atoms with Crippen molar-refractivity contribution in [3.8, 4) is 0 Å². The number of hydrogen-bond donors (Lipinski definition) is 1. The lowest BCUT2D eigenvalue weighted by molar-refractivity contribution is -0.137. The minimum atomic E-state index is -4.52. The fraction of sp³-hybridized carbons (Fsp3) is 0.111. The van der Waals surface area contributed by atoms with Gasteiger partial charge in [0.25, 0.3) is 0 Å². The van der Waals surface area contributed by atoms with Gasteiger partial charge in [0.05, 0.1) is 23.9 Å². The number of para-hydroxylation sites is 1. The Morgan fingerprint density at radius 3 is 2.50 bits per heavy atom. The van der Waals surface area contributed by atoms with Crippen LogP contribution in [0.15, 0.2) is 48.5 Å². The van der Waals surface area contributed by atoms with Crippen molar-refractivity contribution >= 4 is 35.2 Å². The molecule has 0 fully saturated rings. The first-order valence-corrected chi connectivity index (χ1v) is 7.63. The Kier molecular flexibility index (Phi) is 6.05. The van der Waals surface area contributed by atoms with Crippen LogP contribution in [0.25, 0.3) is 6.08 Å². The Hall–Kier alpha value is -2.80. The van der Waals surface area contributed by atoms with Crippen LogP contribution in [-0.4, -0.2) is 19.0 Å². The number of halogens is 4. The Bertz CT molecular complexity index is 863. The largest absolute Gasteiger partial charge is 0.465 e. The molecule has 2 aromatic rings. The fourth-order valence-corrected chi connectivity index (χ4v) is 2.25. The number of rotatable bonds is 4. The van der Waals surface area contributed by atoms with E-state index in [1.54, 1.807) is 12.1 Å². The van der Waals surface area contributed by atoms with Crippen molar-refractivity contribution in [2.75, 3.05) is 12.4 Å². The third-order valence-electron chi connectivity index (χ3n) is 3.33. The summed E-state index contributed by atoms with van der Waals surface area (Å²) >= 11 is 5.86. The van der Waals surface area contributed by atoms with E-state index in [2.05, 4.69) is 10.1 Å². The summed E-state index contributed by atoms with van der Waals surface area (Å²) < 4.78 is 42.9. The topological polar surface area (TPSA) is 55.4 Å². The van der Waals surface area contributed by atoms with Gasteiger partial charge in [-0.2, -0.15) is 13.2 Å². The average molecular weight is 384 g/mol. The van der Waals surface area contributed by atoms with Gasteiger partial charge in [-0.15, -0.1) is 0 Å². The lowest BCUT2D eigenvalue weighted by Crippen LogP contribution is -2.12. The van der Waals surface area contributed by atoms with Crippen molar-refractivity contribution in [2.45, 2.75) is 6.18 Å². The van der Waals surface area contributed by atoms with Gasteiger partial charge >= 0.3 is 12.1 Å². The van der Waals surface area contributed by atoms with Gasteiger partial charge in [-0.05, 0) is 42.0 Å². The maximum atomic E-state index is 12.7. The number of carbonyl (C=O) groups excluding carboxylic acids is 2. The number of esters is 1. The molecule has 0 aliphatic rings. The maximum Gasteiger partial charge on any atom is 0.416 e. The average Bonchev–Trinajstić information content (AvgIpc) is 2.59. The van der Waals surface area contributed by atoms with Crippen LogP contribution in [0.1, 0.15) is 21.5 Å². The lowest BCUT2D eigenvalue weighted by Gasteiger charge is -2.09.